The van der Waals surface area contributed by atoms with Gasteiger partial charge in [0.25, 0.3) is 0 Å². The molecule has 0 saturated carbocycles. The highest BCUT2D eigenvalue weighted by atomic mass is 16.5. The number of esters is 1. The standard InChI is InChI=1S/C14H21NO3/c1-2-18-14(17)12-7-9-15(10-8-12)13(16)11-5-3-4-6-11/h3-4,11-12H,2,5-10H2,1H3. The average Bonchev–Trinajstić information content (AvgIpc) is 2.92. The molecule has 0 spiro atoms. The molecule has 0 bridgehead atoms. The number of ether oxygens (including phenoxy) is 1. The highest BCUT2D eigenvalue weighted by molar-refractivity contribution is 5.80. The molecular formula is C14H21NO3. The maximum absolute atomic E-state index is 12.2. The molecule has 1 heterocycles. The molecule has 18 heavy (non-hydrogen) atoms. The van der Waals surface area contributed by atoms with E-state index in [-0.39, 0.29) is 23.7 Å². The van der Waals surface area contributed by atoms with Crippen molar-refractivity contribution in [2.75, 3.05) is 19.7 Å². The van der Waals surface area contributed by atoms with Crippen molar-refractivity contribution >= 4 is 11.9 Å². The molecule has 0 N–H and O–H groups in total. The van der Waals surface area contributed by atoms with Gasteiger partial charge in [-0.1, -0.05) is 12.2 Å². The van der Waals surface area contributed by atoms with Gasteiger partial charge in [0.1, 0.15) is 0 Å². The zero-order chi connectivity index (χ0) is 13.0. The number of carbonyl (C=O) groups is 2. The van der Waals surface area contributed by atoms with E-state index in [1.165, 1.54) is 0 Å². The highest BCUT2D eigenvalue weighted by Crippen LogP contribution is 2.24. The number of hydrogen-bond acceptors (Lipinski definition) is 3. The first kappa shape index (κ1) is 13.1. The summed E-state index contributed by atoms with van der Waals surface area (Å²) in [6.45, 7) is 3.65. The van der Waals surface area contributed by atoms with Crippen molar-refractivity contribution in [3.8, 4) is 0 Å². The summed E-state index contributed by atoms with van der Waals surface area (Å²) in [4.78, 5) is 25.7. The molecule has 1 amide bonds. The van der Waals surface area contributed by atoms with Crippen molar-refractivity contribution in [2.24, 2.45) is 11.8 Å². The fraction of sp³-hybridized carbons (Fsp3) is 0.714. The Labute approximate surface area is 108 Å². The van der Waals surface area contributed by atoms with Crippen LogP contribution < -0.4 is 0 Å². The van der Waals surface area contributed by atoms with Crippen molar-refractivity contribution in [1.29, 1.82) is 0 Å². The number of nitrogens with zero attached hydrogens (tertiary/aromatic N) is 1. The fourth-order valence-electron chi connectivity index (χ4n) is 2.67. The Kier molecular flexibility index (Phi) is 4.39. The smallest absolute Gasteiger partial charge is 0.309 e. The van der Waals surface area contributed by atoms with Crippen molar-refractivity contribution in [1.82, 2.24) is 4.90 Å². The van der Waals surface area contributed by atoms with Gasteiger partial charge in [0, 0.05) is 19.0 Å². The van der Waals surface area contributed by atoms with E-state index >= 15 is 0 Å². The number of amides is 1. The molecule has 0 aromatic heterocycles. The second-order valence-corrected chi connectivity index (χ2v) is 4.99. The molecule has 0 aromatic rings. The lowest BCUT2D eigenvalue weighted by atomic mass is 9.95. The van der Waals surface area contributed by atoms with Gasteiger partial charge < -0.3 is 9.64 Å². The molecule has 1 aliphatic heterocycles. The third-order valence-electron chi connectivity index (χ3n) is 3.78. The molecule has 0 radical (unpaired) electrons. The molecule has 1 saturated heterocycles. The maximum Gasteiger partial charge on any atom is 0.309 e. The summed E-state index contributed by atoms with van der Waals surface area (Å²) in [5, 5.41) is 0. The van der Waals surface area contributed by atoms with Crippen LogP contribution in [0.2, 0.25) is 0 Å². The number of piperidine rings is 1. The Hall–Kier alpha value is -1.32. The van der Waals surface area contributed by atoms with E-state index in [9.17, 15) is 9.59 Å². The van der Waals surface area contributed by atoms with Gasteiger partial charge in [-0.3, -0.25) is 9.59 Å². The van der Waals surface area contributed by atoms with Gasteiger partial charge in [-0.2, -0.15) is 0 Å². The summed E-state index contributed by atoms with van der Waals surface area (Å²) in [5.74, 6) is 0.272. The summed E-state index contributed by atoms with van der Waals surface area (Å²) in [6, 6.07) is 0. The average molecular weight is 251 g/mol. The Bertz CT molecular complexity index is 335. The Morgan fingerprint density at radius 2 is 1.78 bits per heavy atom. The minimum Gasteiger partial charge on any atom is -0.466 e. The molecule has 2 rings (SSSR count). The third kappa shape index (κ3) is 2.92. The number of rotatable bonds is 3. The van der Waals surface area contributed by atoms with E-state index < -0.39 is 0 Å². The van der Waals surface area contributed by atoms with Gasteiger partial charge >= 0.3 is 5.97 Å². The molecule has 4 heteroatoms. The topological polar surface area (TPSA) is 46.6 Å². The number of likely N-dealkylation sites (tertiary alicyclic amines) is 1. The zero-order valence-corrected chi connectivity index (χ0v) is 10.9. The normalized spacial score (nSPS) is 21.3. The lowest BCUT2D eigenvalue weighted by Crippen LogP contribution is -2.43. The SMILES string of the molecule is CCOC(=O)C1CCN(C(=O)C2CC=CC2)CC1. The summed E-state index contributed by atoms with van der Waals surface area (Å²) >= 11 is 0. The van der Waals surface area contributed by atoms with Crippen LogP contribution in [0.25, 0.3) is 0 Å². The maximum atomic E-state index is 12.2. The van der Waals surface area contributed by atoms with Gasteiger partial charge in [0.15, 0.2) is 0 Å². The summed E-state index contributed by atoms with van der Waals surface area (Å²) in [7, 11) is 0. The van der Waals surface area contributed by atoms with Crippen LogP contribution >= 0.6 is 0 Å². The van der Waals surface area contributed by atoms with Crippen molar-refractivity contribution in [3.05, 3.63) is 12.2 Å². The first-order valence-corrected chi connectivity index (χ1v) is 6.82. The van der Waals surface area contributed by atoms with Gasteiger partial charge in [-0.05, 0) is 32.6 Å². The minimum absolute atomic E-state index is 0.0179. The molecule has 2 aliphatic rings. The van der Waals surface area contributed by atoms with Crippen molar-refractivity contribution < 1.29 is 14.3 Å². The Morgan fingerprint density at radius 3 is 2.33 bits per heavy atom. The van der Waals surface area contributed by atoms with Crippen LogP contribution in [0.1, 0.15) is 32.6 Å². The van der Waals surface area contributed by atoms with Gasteiger partial charge in [0.05, 0.1) is 12.5 Å². The summed E-state index contributed by atoms with van der Waals surface area (Å²) in [5.41, 5.74) is 0. The predicted molar refractivity (Wildman–Crippen MR) is 67.8 cm³/mol. The lowest BCUT2D eigenvalue weighted by Gasteiger charge is -2.32. The van der Waals surface area contributed by atoms with Crippen molar-refractivity contribution in [3.63, 3.8) is 0 Å². The summed E-state index contributed by atoms with van der Waals surface area (Å²) in [6.07, 6.45) is 7.38. The molecule has 4 nitrogen and oxygen atoms in total. The number of hydrogen-bond donors (Lipinski definition) is 0. The molecular weight excluding hydrogens is 230 g/mol. The molecule has 0 aromatic carbocycles. The lowest BCUT2D eigenvalue weighted by molar-refractivity contribution is -0.151. The van der Waals surface area contributed by atoms with Gasteiger partial charge in [-0.25, -0.2) is 0 Å². The third-order valence-corrected chi connectivity index (χ3v) is 3.78. The van der Waals surface area contributed by atoms with Crippen LogP contribution in [0.3, 0.4) is 0 Å². The minimum atomic E-state index is -0.105. The van der Waals surface area contributed by atoms with E-state index in [4.69, 9.17) is 4.74 Å². The van der Waals surface area contributed by atoms with Crippen LogP contribution in [-0.2, 0) is 14.3 Å². The first-order chi connectivity index (χ1) is 8.72. The van der Waals surface area contributed by atoms with E-state index in [1.54, 1.807) is 0 Å². The molecule has 0 atom stereocenters. The largest absolute Gasteiger partial charge is 0.466 e. The molecule has 1 fully saturated rings. The Morgan fingerprint density at radius 1 is 1.17 bits per heavy atom. The quantitative estimate of drug-likeness (QED) is 0.567. The molecule has 100 valence electrons. The first-order valence-electron chi connectivity index (χ1n) is 6.82. The van der Waals surface area contributed by atoms with Gasteiger partial charge in [0.2, 0.25) is 5.91 Å². The monoisotopic (exact) mass is 251 g/mol. The van der Waals surface area contributed by atoms with Gasteiger partial charge in [-0.15, -0.1) is 0 Å². The van der Waals surface area contributed by atoms with Crippen LogP contribution in [0.4, 0.5) is 0 Å². The van der Waals surface area contributed by atoms with E-state index in [0.29, 0.717) is 19.7 Å². The van der Waals surface area contributed by atoms with E-state index in [1.807, 2.05) is 11.8 Å². The van der Waals surface area contributed by atoms with E-state index in [0.717, 1.165) is 25.7 Å². The van der Waals surface area contributed by atoms with Crippen molar-refractivity contribution in [2.45, 2.75) is 32.6 Å². The fourth-order valence-corrected chi connectivity index (χ4v) is 2.67. The molecule has 1 aliphatic carbocycles. The predicted octanol–water partition coefficient (Wildman–Crippen LogP) is 1.75. The number of carbonyl (C=O) groups excluding carboxylic acids is 2. The second-order valence-electron chi connectivity index (χ2n) is 4.99. The van der Waals surface area contributed by atoms with Crippen LogP contribution in [0.15, 0.2) is 12.2 Å². The number of allylic oxidation sites excluding steroid dienone is 2. The van der Waals surface area contributed by atoms with Crippen LogP contribution in [-0.4, -0.2) is 36.5 Å². The zero-order valence-electron chi connectivity index (χ0n) is 10.9. The Balaban J connectivity index is 1.79. The second kappa shape index (κ2) is 6.03. The van der Waals surface area contributed by atoms with Crippen LogP contribution in [0, 0.1) is 11.8 Å². The van der Waals surface area contributed by atoms with Crippen LogP contribution in [0.5, 0.6) is 0 Å². The van der Waals surface area contributed by atoms with E-state index in [2.05, 4.69) is 12.2 Å². The summed E-state index contributed by atoms with van der Waals surface area (Å²) < 4.78 is 5.02. The highest BCUT2D eigenvalue weighted by Gasteiger charge is 2.31. The molecule has 0 unspecified atom stereocenters.